The van der Waals surface area contributed by atoms with E-state index in [-0.39, 0.29) is 0 Å². The highest BCUT2D eigenvalue weighted by Crippen LogP contribution is 2.51. The van der Waals surface area contributed by atoms with Crippen LogP contribution in [0.15, 0.2) is 14.3 Å². The molecular formula is C8H9Br2NS. The summed E-state index contributed by atoms with van der Waals surface area (Å²) in [4.78, 5) is 1.46. The standard InChI is InChI=1S/C8H9Br2NS/c9-6-2-7(12-8(6)10)5-1-4(5)3-11/h2,4-5H,1,3,11H2. The van der Waals surface area contributed by atoms with Gasteiger partial charge in [-0.1, -0.05) is 0 Å². The van der Waals surface area contributed by atoms with Crippen molar-refractivity contribution < 1.29 is 0 Å². The van der Waals surface area contributed by atoms with E-state index in [2.05, 4.69) is 37.9 Å². The Balaban J connectivity index is 2.15. The van der Waals surface area contributed by atoms with Gasteiger partial charge in [0.1, 0.15) is 0 Å². The predicted octanol–water partition coefficient (Wildman–Crippen LogP) is 3.34. The maximum absolute atomic E-state index is 5.59. The highest BCUT2D eigenvalue weighted by atomic mass is 79.9. The van der Waals surface area contributed by atoms with E-state index in [0.717, 1.165) is 18.4 Å². The number of rotatable bonds is 2. The molecule has 4 heteroatoms. The fourth-order valence-electron chi connectivity index (χ4n) is 1.40. The molecule has 2 rings (SSSR count). The third kappa shape index (κ3) is 1.62. The summed E-state index contributed by atoms with van der Waals surface area (Å²) in [6.07, 6.45) is 1.27. The van der Waals surface area contributed by atoms with Crippen molar-refractivity contribution in [2.24, 2.45) is 11.7 Å². The van der Waals surface area contributed by atoms with E-state index in [4.69, 9.17) is 5.73 Å². The molecule has 0 radical (unpaired) electrons. The van der Waals surface area contributed by atoms with Crippen LogP contribution in [-0.4, -0.2) is 6.54 Å². The summed E-state index contributed by atoms with van der Waals surface area (Å²) in [7, 11) is 0. The second-order valence-electron chi connectivity index (χ2n) is 3.11. The molecule has 66 valence electrons. The highest BCUT2D eigenvalue weighted by molar-refractivity contribution is 9.13. The van der Waals surface area contributed by atoms with Gasteiger partial charge in [0.15, 0.2) is 0 Å². The molecule has 0 aromatic carbocycles. The number of halogens is 2. The van der Waals surface area contributed by atoms with Crippen molar-refractivity contribution in [1.82, 2.24) is 0 Å². The molecule has 2 atom stereocenters. The van der Waals surface area contributed by atoms with Gasteiger partial charge in [0, 0.05) is 9.35 Å². The number of hydrogen-bond acceptors (Lipinski definition) is 2. The Bertz CT molecular complexity index is 278. The van der Waals surface area contributed by atoms with Crippen LogP contribution >= 0.6 is 43.2 Å². The zero-order chi connectivity index (χ0) is 8.72. The SMILES string of the molecule is NCC1CC1c1cc(Br)c(Br)s1. The van der Waals surface area contributed by atoms with Gasteiger partial charge in [-0.3, -0.25) is 0 Å². The Morgan fingerprint density at radius 3 is 2.75 bits per heavy atom. The zero-order valence-electron chi connectivity index (χ0n) is 6.39. The maximum Gasteiger partial charge on any atom is 0.0843 e. The van der Waals surface area contributed by atoms with Crippen molar-refractivity contribution in [2.75, 3.05) is 6.54 Å². The van der Waals surface area contributed by atoms with Crippen molar-refractivity contribution >= 4 is 43.2 Å². The lowest BCUT2D eigenvalue weighted by molar-refractivity contribution is 0.815. The first-order chi connectivity index (χ1) is 5.72. The topological polar surface area (TPSA) is 26.0 Å². The molecule has 0 saturated heterocycles. The van der Waals surface area contributed by atoms with Gasteiger partial charge in [-0.15, -0.1) is 11.3 Å². The molecule has 0 bridgehead atoms. The minimum absolute atomic E-state index is 0.738. The molecule has 0 spiro atoms. The Morgan fingerprint density at radius 2 is 2.33 bits per heavy atom. The van der Waals surface area contributed by atoms with Crippen molar-refractivity contribution in [2.45, 2.75) is 12.3 Å². The third-order valence-corrected chi connectivity index (χ3v) is 5.64. The number of nitrogens with two attached hydrogens (primary N) is 1. The van der Waals surface area contributed by atoms with Gasteiger partial charge >= 0.3 is 0 Å². The Kier molecular flexibility index (Phi) is 2.61. The first-order valence-corrected chi connectivity index (χ1v) is 6.27. The van der Waals surface area contributed by atoms with Crippen LogP contribution in [0.2, 0.25) is 0 Å². The molecule has 12 heavy (non-hydrogen) atoms. The van der Waals surface area contributed by atoms with Crippen LogP contribution in [-0.2, 0) is 0 Å². The van der Waals surface area contributed by atoms with Gasteiger partial charge in [0.2, 0.25) is 0 Å². The normalized spacial score (nSPS) is 27.6. The van der Waals surface area contributed by atoms with Gasteiger partial charge in [0.25, 0.3) is 0 Å². The molecule has 0 amide bonds. The van der Waals surface area contributed by atoms with Gasteiger partial charge in [-0.05, 0) is 62.7 Å². The lowest BCUT2D eigenvalue weighted by Crippen LogP contribution is -2.01. The summed E-state index contributed by atoms with van der Waals surface area (Å²) < 4.78 is 2.37. The highest BCUT2D eigenvalue weighted by Gasteiger charge is 2.38. The van der Waals surface area contributed by atoms with E-state index >= 15 is 0 Å². The summed E-state index contributed by atoms with van der Waals surface area (Å²) in [5.41, 5.74) is 5.59. The molecule has 2 unspecified atom stereocenters. The maximum atomic E-state index is 5.59. The lowest BCUT2D eigenvalue weighted by Gasteiger charge is -1.90. The minimum atomic E-state index is 0.738. The Labute approximate surface area is 92.6 Å². The molecule has 1 fully saturated rings. The number of thiophene rings is 1. The summed E-state index contributed by atoms with van der Waals surface area (Å²) in [6, 6.07) is 2.20. The van der Waals surface area contributed by atoms with Gasteiger partial charge in [0.05, 0.1) is 3.79 Å². The van der Waals surface area contributed by atoms with Crippen LogP contribution in [0.5, 0.6) is 0 Å². The van der Waals surface area contributed by atoms with E-state index in [9.17, 15) is 0 Å². The molecule has 1 aromatic rings. The van der Waals surface area contributed by atoms with E-state index in [1.165, 1.54) is 19.6 Å². The first kappa shape index (κ1) is 9.19. The molecule has 1 aliphatic carbocycles. The monoisotopic (exact) mass is 309 g/mol. The summed E-state index contributed by atoms with van der Waals surface area (Å²) in [5, 5.41) is 0. The van der Waals surface area contributed by atoms with Crippen molar-refractivity contribution in [1.29, 1.82) is 0 Å². The molecule has 1 aromatic heterocycles. The summed E-state index contributed by atoms with van der Waals surface area (Å²) in [5.74, 6) is 1.48. The molecule has 2 N–H and O–H groups in total. The largest absolute Gasteiger partial charge is 0.330 e. The Morgan fingerprint density at radius 1 is 1.58 bits per heavy atom. The van der Waals surface area contributed by atoms with Crippen LogP contribution in [0, 0.1) is 5.92 Å². The van der Waals surface area contributed by atoms with Crippen LogP contribution in [0.25, 0.3) is 0 Å². The molecule has 0 aliphatic heterocycles. The fraction of sp³-hybridized carbons (Fsp3) is 0.500. The Hall–Kier alpha value is 0.620. The zero-order valence-corrected chi connectivity index (χ0v) is 10.4. The third-order valence-electron chi connectivity index (χ3n) is 2.25. The smallest absolute Gasteiger partial charge is 0.0843 e. The van der Waals surface area contributed by atoms with Crippen molar-refractivity contribution in [3.05, 3.63) is 19.2 Å². The lowest BCUT2D eigenvalue weighted by atomic mass is 10.3. The van der Waals surface area contributed by atoms with Crippen molar-refractivity contribution in [3.8, 4) is 0 Å². The summed E-state index contributed by atoms with van der Waals surface area (Å²) >= 11 is 8.80. The van der Waals surface area contributed by atoms with Gasteiger partial charge < -0.3 is 5.73 Å². The molecule has 1 heterocycles. The van der Waals surface area contributed by atoms with Crippen molar-refractivity contribution in [3.63, 3.8) is 0 Å². The molecule has 1 saturated carbocycles. The minimum Gasteiger partial charge on any atom is -0.330 e. The van der Waals surface area contributed by atoms with Crippen LogP contribution in [0.4, 0.5) is 0 Å². The number of hydrogen-bond donors (Lipinski definition) is 1. The van der Waals surface area contributed by atoms with Crippen LogP contribution in [0.3, 0.4) is 0 Å². The average Bonchev–Trinajstić information content (AvgIpc) is 2.75. The van der Waals surface area contributed by atoms with E-state index in [1.807, 2.05) is 11.3 Å². The van der Waals surface area contributed by atoms with E-state index in [0.29, 0.717) is 0 Å². The second kappa shape index (κ2) is 3.40. The van der Waals surface area contributed by atoms with Crippen LogP contribution < -0.4 is 5.73 Å². The first-order valence-electron chi connectivity index (χ1n) is 3.87. The van der Waals surface area contributed by atoms with E-state index < -0.39 is 0 Å². The fourth-order valence-corrected chi connectivity index (χ4v) is 3.70. The second-order valence-corrected chi connectivity index (χ2v) is 6.36. The van der Waals surface area contributed by atoms with Gasteiger partial charge in [-0.2, -0.15) is 0 Å². The molecule has 1 nitrogen and oxygen atoms in total. The summed E-state index contributed by atoms with van der Waals surface area (Å²) in [6.45, 7) is 0.831. The average molecular weight is 311 g/mol. The molecular weight excluding hydrogens is 302 g/mol. The predicted molar refractivity (Wildman–Crippen MR) is 59.6 cm³/mol. The van der Waals surface area contributed by atoms with Gasteiger partial charge in [-0.25, -0.2) is 0 Å². The quantitative estimate of drug-likeness (QED) is 0.891. The van der Waals surface area contributed by atoms with E-state index in [1.54, 1.807) is 0 Å². The van der Waals surface area contributed by atoms with Crippen LogP contribution in [0.1, 0.15) is 17.2 Å². The molecule has 1 aliphatic rings.